The maximum absolute atomic E-state index is 12.1. The lowest BCUT2D eigenvalue weighted by molar-refractivity contribution is -0.120. The quantitative estimate of drug-likeness (QED) is 0.274. The molecule has 0 radical (unpaired) electrons. The molecule has 3 aromatic rings. The predicted octanol–water partition coefficient (Wildman–Crippen LogP) is 3.75. The van der Waals surface area contributed by atoms with Crippen molar-refractivity contribution >= 4 is 40.6 Å². The number of benzene rings is 3. The van der Waals surface area contributed by atoms with Crippen molar-refractivity contribution in [2.45, 2.75) is 6.61 Å². The van der Waals surface area contributed by atoms with Gasteiger partial charge in [0.1, 0.15) is 12.4 Å². The fraction of sp³-hybridized carbons (Fsp3) is 0.0870. The van der Waals surface area contributed by atoms with Crippen LogP contribution in [0.2, 0.25) is 0 Å². The first-order valence-electron chi connectivity index (χ1n) is 9.23. The minimum Gasteiger partial charge on any atom is -0.489 e. The minimum absolute atomic E-state index is 0.159. The molecule has 2 N–H and O–H groups in total. The van der Waals surface area contributed by atoms with E-state index in [0.717, 1.165) is 20.4 Å². The van der Waals surface area contributed by atoms with E-state index >= 15 is 0 Å². The first kappa shape index (κ1) is 21.5. The average molecular weight is 513 g/mol. The molecular weight excluding hydrogens is 493 g/mol. The van der Waals surface area contributed by atoms with Crippen LogP contribution in [0.4, 0.5) is 0 Å². The summed E-state index contributed by atoms with van der Waals surface area (Å²) in [4.78, 5) is 24.0. The van der Waals surface area contributed by atoms with Crippen molar-refractivity contribution in [2.24, 2.45) is 5.10 Å². The summed E-state index contributed by atoms with van der Waals surface area (Å²) in [6.07, 6.45) is 1.53. The zero-order valence-corrected chi connectivity index (χ0v) is 18.2. The van der Waals surface area contributed by atoms with Gasteiger partial charge >= 0.3 is 0 Å². The number of nitrogens with one attached hydrogen (secondary N) is 2. The maximum Gasteiger partial charge on any atom is 0.259 e. The monoisotopic (exact) mass is 513 g/mol. The highest BCUT2D eigenvalue weighted by Gasteiger charge is 2.10. The van der Waals surface area contributed by atoms with E-state index in [4.69, 9.17) is 4.74 Å². The molecule has 0 aliphatic heterocycles. The molecule has 6 nitrogen and oxygen atoms in total. The molecule has 0 aliphatic rings. The summed E-state index contributed by atoms with van der Waals surface area (Å²) in [6.45, 7) is 0.339. The Labute approximate surface area is 188 Å². The Hall–Kier alpha value is -3.20. The summed E-state index contributed by atoms with van der Waals surface area (Å²) in [5.41, 5.74) is 4.84. The summed E-state index contributed by atoms with van der Waals surface area (Å²) in [6, 6.07) is 24.5. The van der Waals surface area contributed by atoms with Gasteiger partial charge in [0.15, 0.2) is 0 Å². The van der Waals surface area contributed by atoms with Crippen molar-refractivity contribution in [3.8, 4) is 5.75 Å². The van der Waals surface area contributed by atoms with E-state index in [0.29, 0.717) is 12.2 Å². The van der Waals surface area contributed by atoms with Crippen LogP contribution in [0.1, 0.15) is 21.5 Å². The predicted molar refractivity (Wildman–Crippen MR) is 124 cm³/mol. The second-order valence-electron chi connectivity index (χ2n) is 6.30. The maximum atomic E-state index is 12.1. The van der Waals surface area contributed by atoms with Gasteiger partial charge in [-0.3, -0.25) is 9.59 Å². The molecule has 0 saturated carbocycles. The first-order valence-corrected chi connectivity index (χ1v) is 10.3. The number of hydrogen-bond acceptors (Lipinski definition) is 4. The summed E-state index contributed by atoms with van der Waals surface area (Å²) in [5.74, 6) is 0.0388. The van der Waals surface area contributed by atoms with Crippen LogP contribution in [0.3, 0.4) is 0 Å². The smallest absolute Gasteiger partial charge is 0.259 e. The van der Waals surface area contributed by atoms with E-state index in [2.05, 4.69) is 38.4 Å². The van der Waals surface area contributed by atoms with Crippen LogP contribution in [0.15, 0.2) is 84.0 Å². The van der Waals surface area contributed by atoms with Crippen LogP contribution in [-0.4, -0.2) is 24.6 Å². The van der Waals surface area contributed by atoms with Crippen LogP contribution in [0.5, 0.6) is 5.75 Å². The summed E-state index contributed by atoms with van der Waals surface area (Å²) in [7, 11) is 0. The van der Waals surface area contributed by atoms with Crippen LogP contribution in [0, 0.1) is 3.57 Å². The fourth-order valence-electron chi connectivity index (χ4n) is 2.51. The highest BCUT2D eigenvalue weighted by molar-refractivity contribution is 14.1. The molecule has 0 bridgehead atoms. The highest BCUT2D eigenvalue weighted by atomic mass is 127. The van der Waals surface area contributed by atoms with E-state index < -0.39 is 5.91 Å². The molecule has 0 saturated heterocycles. The topological polar surface area (TPSA) is 79.8 Å². The molecule has 0 aromatic heterocycles. The van der Waals surface area contributed by atoms with Crippen molar-refractivity contribution in [1.82, 2.24) is 10.7 Å². The molecule has 0 heterocycles. The van der Waals surface area contributed by atoms with E-state index in [-0.39, 0.29) is 12.5 Å². The summed E-state index contributed by atoms with van der Waals surface area (Å²) < 4.78 is 6.56. The number of halogens is 1. The molecule has 0 spiro atoms. The standard InChI is InChI=1S/C23H20IN3O3/c24-21-9-5-4-8-20(21)23(29)25-15-22(28)27-26-14-17-10-12-19(13-11-17)30-16-18-6-2-1-3-7-18/h1-14H,15-16H2,(H,25,29)(H,27,28)/b26-14+. The zero-order valence-electron chi connectivity index (χ0n) is 16.0. The van der Waals surface area contributed by atoms with Gasteiger partial charge in [0.25, 0.3) is 11.8 Å². The third-order valence-corrected chi connectivity index (χ3v) is 5.00. The van der Waals surface area contributed by atoms with Crippen molar-refractivity contribution in [3.05, 3.63) is 99.1 Å². The van der Waals surface area contributed by atoms with Gasteiger partial charge < -0.3 is 10.1 Å². The van der Waals surface area contributed by atoms with Crippen molar-refractivity contribution < 1.29 is 14.3 Å². The number of carbonyl (C=O) groups excluding carboxylic acids is 2. The number of rotatable bonds is 8. The second kappa shape index (κ2) is 11.1. The first-order chi connectivity index (χ1) is 14.6. The van der Waals surface area contributed by atoms with Gasteiger partial charge in [0.2, 0.25) is 0 Å². The largest absolute Gasteiger partial charge is 0.489 e. The van der Waals surface area contributed by atoms with Crippen molar-refractivity contribution in [2.75, 3.05) is 6.54 Å². The highest BCUT2D eigenvalue weighted by Crippen LogP contribution is 2.13. The number of amides is 2. The Balaban J connectivity index is 1.41. The van der Waals surface area contributed by atoms with E-state index in [1.54, 1.807) is 12.1 Å². The fourth-order valence-corrected chi connectivity index (χ4v) is 3.14. The molecule has 2 amide bonds. The Bertz CT molecular complexity index is 1020. The number of hydrogen-bond donors (Lipinski definition) is 2. The Morgan fingerprint density at radius 2 is 1.63 bits per heavy atom. The van der Waals surface area contributed by atoms with Gasteiger partial charge in [-0.25, -0.2) is 5.43 Å². The number of carbonyl (C=O) groups is 2. The Morgan fingerprint density at radius 1 is 0.933 bits per heavy atom. The Kier molecular flexibility index (Phi) is 7.96. The van der Waals surface area contributed by atoms with Gasteiger partial charge in [-0.1, -0.05) is 42.5 Å². The average Bonchev–Trinajstić information content (AvgIpc) is 2.78. The van der Waals surface area contributed by atoms with E-state index in [1.165, 1.54) is 6.21 Å². The third-order valence-electron chi connectivity index (χ3n) is 4.06. The summed E-state index contributed by atoms with van der Waals surface area (Å²) in [5, 5.41) is 6.49. The lowest BCUT2D eigenvalue weighted by Gasteiger charge is -2.06. The van der Waals surface area contributed by atoms with Crippen LogP contribution in [0.25, 0.3) is 0 Å². The second-order valence-corrected chi connectivity index (χ2v) is 7.46. The molecule has 0 atom stereocenters. The molecule has 152 valence electrons. The van der Waals surface area contributed by atoms with E-state index in [1.807, 2.05) is 66.7 Å². The van der Waals surface area contributed by atoms with Crippen LogP contribution < -0.4 is 15.5 Å². The zero-order chi connectivity index (χ0) is 21.2. The molecular formula is C23H20IN3O3. The van der Waals surface area contributed by atoms with E-state index in [9.17, 15) is 9.59 Å². The normalized spacial score (nSPS) is 10.6. The van der Waals surface area contributed by atoms with Gasteiger partial charge in [0.05, 0.1) is 18.3 Å². The Morgan fingerprint density at radius 3 is 2.37 bits per heavy atom. The molecule has 30 heavy (non-hydrogen) atoms. The molecule has 3 aromatic carbocycles. The lowest BCUT2D eigenvalue weighted by atomic mass is 10.2. The molecule has 7 heteroatoms. The number of ether oxygens (including phenoxy) is 1. The molecule has 0 fully saturated rings. The van der Waals surface area contributed by atoms with Crippen LogP contribution in [-0.2, 0) is 11.4 Å². The molecule has 3 rings (SSSR count). The van der Waals surface area contributed by atoms with Crippen molar-refractivity contribution in [1.29, 1.82) is 0 Å². The van der Waals surface area contributed by atoms with Crippen molar-refractivity contribution in [3.63, 3.8) is 0 Å². The number of nitrogens with zero attached hydrogens (tertiary/aromatic N) is 1. The molecule has 0 unspecified atom stereocenters. The third kappa shape index (κ3) is 6.70. The van der Waals surface area contributed by atoms with Crippen LogP contribution >= 0.6 is 22.6 Å². The van der Waals surface area contributed by atoms with Gasteiger partial charge in [-0.05, 0) is 70.1 Å². The summed E-state index contributed by atoms with van der Waals surface area (Å²) >= 11 is 2.08. The van der Waals surface area contributed by atoms with Gasteiger partial charge in [-0.15, -0.1) is 0 Å². The SMILES string of the molecule is O=C(CNC(=O)c1ccccc1I)N/N=C/c1ccc(OCc2ccccc2)cc1. The van der Waals surface area contributed by atoms with Gasteiger partial charge in [0, 0.05) is 3.57 Å². The lowest BCUT2D eigenvalue weighted by Crippen LogP contribution is -2.35. The number of hydrazone groups is 1. The molecule has 0 aliphatic carbocycles. The van der Waals surface area contributed by atoms with Gasteiger partial charge in [-0.2, -0.15) is 5.10 Å². The minimum atomic E-state index is -0.409.